The average molecular weight is 582 g/mol. The monoisotopic (exact) mass is 580 g/mol. The van der Waals surface area contributed by atoms with Crippen molar-refractivity contribution < 1.29 is 19.1 Å². The second-order valence-corrected chi connectivity index (χ2v) is 9.83. The van der Waals surface area contributed by atoms with E-state index in [0.29, 0.717) is 39.8 Å². The van der Waals surface area contributed by atoms with E-state index < -0.39 is 18.0 Å². The smallest absolute Gasteiger partial charge is 0.338 e. The van der Waals surface area contributed by atoms with E-state index in [9.17, 15) is 14.4 Å². The third kappa shape index (κ3) is 6.58. The Kier molecular flexibility index (Phi) is 9.69. The summed E-state index contributed by atoms with van der Waals surface area (Å²) in [6, 6.07) is 19.5. The molecular weight excluding hydrogens is 551 g/mol. The Morgan fingerprint density at radius 2 is 1.73 bits per heavy atom. The van der Waals surface area contributed by atoms with Gasteiger partial charge in [-0.1, -0.05) is 85.1 Å². The lowest BCUT2D eigenvalue weighted by Gasteiger charge is -2.37. The Labute approximate surface area is 243 Å². The molecule has 1 aliphatic heterocycles. The van der Waals surface area contributed by atoms with Crippen LogP contribution in [0.2, 0.25) is 10.0 Å². The maximum atomic E-state index is 13.5. The predicted octanol–water partition coefficient (Wildman–Crippen LogP) is 7.48. The Morgan fingerprint density at radius 1 is 0.975 bits per heavy atom. The van der Waals surface area contributed by atoms with Crippen molar-refractivity contribution in [1.29, 1.82) is 0 Å². The van der Waals surface area contributed by atoms with Crippen LogP contribution in [0.25, 0.3) is 5.70 Å². The highest BCUT2D eigenvalue weighted by atomic mass is 35.5. The number of rotatable bonds is 9. The molecule has 40 heavy (non-hydrogen) atoms. The molecule has 0 fully saturated rings. The molecular formula is C30H30Cl2N4O4. The molecule has 3 aromatic carbocycles. The quantitative estimate of drug-likeness (QED) is 0.228. The minimum absolute atomic E-state index is 0.174. The number of carbonyl (C=O) groups excluding carboxylic acids is 3. The number of ether oxygens (including phenoxy) is 1. The Bertz CT molecular complexity index is 1430. The molecule has 1 atom stereocenters. The molecule has 0 saturated heterocycles. The number of urea groups is 2. The van der Waals surface area contributed by atoms with E-state index in [1.165, 1.54) is 0 Å². The van der Waals surface area contributed by atoms with Crippen molar-refractivity contribution in [2.24, 2.45) is 0 Å². The second-order valence-electron chi connectivity index (χ2n) is 9.04. The minimum atomic E-state index is -0.813. The van der Waals surface area contributed by atoms with Gasteiger partial charge in [0.1, 0.15) is 0 Å². The summed E-state index contributed by atoms with van der Waals surface area (Å²) >= 11 is 12.2. The molecule has 3 N–H and O–H groups in total. The molecule has 0 saturated carbocycles. The van der Waals surface area contributed by atoms with Crippen molar-refractivity contribution in [1.82, 2.24) is 10.2 Å². The maximum absolute atomic E-state index is 13.5. The highest BCUT2D eigenvalue weighted by molar-refractivity contribution is 6.44. The SMILES string of the molecule is CCCCN1C(=O)N[C@@H](c2cccc(NC(=O)Nc3cccc(Cl)c3Cl)c2)C(C(=O)OCC)=C1c1ccccc1. The van der Waals surface area contributed by atoms with Gasteiger partial charge in [-0.15, -0.1) is 0 Å². The zero-order valence-electron chi connectivity index (χ0n) is 22.2. The molecule has 0 unspecified atom stereocenters. The van der Waals surface area contributed by atoms with Crippen molar-refractivity contribution in [3.8, 4) is 0 Å². The molecule has 208 valence electrons. The van der Waals surface area contributed by atoms with Gasteiger partial charge in [-0.25, -0.2) is 14.4 Å². The van der Waals surface area contributed by atoms with Crippen LogP contribution in [0.5, 0.6) is 0 Å². The van der Waals surface area contributed by atoms with Gasteiger partial charge in [-0.05, 0) is 48.7 Å². The number of hydrogen-bond donors (Lipinski definition) is 3. The topological polar surface area (TPSA) is 99.8 Å². The van der Waals surface area contributed by atoms with E-state index in [4.69, 9.17) is 27.9 Å². The fourth-order valence-electron chi connectivity index (χ4n) is 4.45. The molecule has 10 heteroatoms. The summed E-state index contributed by atoms with van der Waals surface area (Å²) in [5.41, 5.74) is 2.95. The van der Waals surface area contributed by atoms with E-state index in [0.717, 1.165) is 18.4 Å². The highest BCUT2D eigenvalue weighted by Gasteiger charge is 2.38. The lowest BCUT2D eigenvalue weighted by molar-refractivity contribution is -0.138. The summed E-state index contributed by atoms with van der Waals surface area (Å²) in [4.78, 5) is 41.2. The fourth-order valence-corrected chi connectivity index (χ4v) is 4.80. The first-order valence-corrected chi connectivity index (χ1v) is 13.8. The molecule has 3 aromatic rings. The van der Waals surface area contributed by atoms with E-state index in [1.807, 2.05) is 37.3 Å². The number of nitrogens with one attached hydrogen (secondary N) is 3. The van der Waals surface area contributed by atoms with Crippen molar-refractivity contribution in [3.05, 3.63) is 99.5 Å². The average Bonchev–Trinajstić information content (AvgIpc) is 2.95. The number of hydrogen-bond acceptors (Lipinski definition) is 4. The van der Waals surface area contributed by atoms with Gasteiger partial charge >= 0.3 is 18.0 Å². The number of esters is 1. The third-order valence-electron chi connectivity index (χ3n) is 6.28. The molecule has 1 heterocycles. The summed E-state index contributed by atoms with van der Waals surface area (Å²) in [5, 5.41) is 8.97. The van der Waals surface area contributed by atoms with E-state index in [2.05, 4.69) is 16.0 Å². The van der Waals surface area contributed by atoms with Crippen molar-refractivity contribution in [2.75, 3.05) is 23.8 Å². The highest BCUT2D eigenvalue weighted by Crippen LogP contribution is 2.37. The second kappa shape index (κ2) is 13.4. The van der Waals surface area contributed by atoms with Crippen LogP contribution >= 0.6 is 23.2 Å². The van der Waals surface area contributed by atoms with E-state index >= 15 is 0 Å². The Hall–Kier alpha value is -4.01. The van der Waals surface area contributed by atoms with Crippen LogP contribution in [0, 0.1) is 0 Å². The van der Waals surface area contributed by atoms with Crippen LogP contribution in [0.1, 0.15) is 43.9 Å². The fraction of sp³-hybridized carbons (Fsp3) is 0.233. The first-order chi connectivity index (χ1) is 19.3. The van der Waals surface area contributed by atoms with Gasteiger partial charge in [-0.2, -0.15) is 0 Å². The molecule has 1 aliphatic rings. The first kappa shape index (κ1) is 29.0. The van der Waals surface area contributed by atoms with Crippen LogP contribution in [-0.2, 0) is 9.53 Å². The normalized spacial score (nSPS) is 14.9. The van der Waals surface area contributed by atoms with Crippen molar-refractivity contribution in [3.63, 3.8) is 0 Å². The molecule has 0 bridgehead atoms. The lowest BCUT2D eigenvalue weighted by Crippen LogP contribution is -2.48. The van der Waals surface area contributed by atoms with Crippen LogP contribution < -0.4 is 16.0 Å². The summed E-state index contributed by atoms with van der Waals surface area (Å²) in [5.74, 6) is -0.528. The van der Waals surface area contributed by atoms with Crippen molar-refractivity contribution >= 4 is 58.3 Å². The molecule has 4 rings (SSSR count). The Morgan fingerprint density at radius 3 is 2.45 bits per heavy atom. The van der Waals surface area contributed by atoms with Gasteiger partial charge in [0.05, 0.1) is 39.7 Å². The van der Waals surface area contributed by atoms with Crippen molar-refractivity contribution in [2.45, 2.75) is 32.7 Å². The lowest BCUT2D eigenvalue weighted by atomic mass is 9.91. The number of benzene rings is 3. The number of anilines is 2. The summed E-state index contributed by atoms with van der Waals surface area (Å²) < 4.78 is 5.48. The van der Waals surface area contributed by atoms with Crippen LogP contribution in [0.15, 0.2) is 78.4 Å². The number of carbonyl (C=O) groups is 3. The van der Waals surface area contributed by atoms with Crippen LogP contribution in [0.3, 0.4) is 0 Å². The molecule has 0 aromatic heterocycles. The molecule has 4 amide bonds. The van der Waals surface area contributed by atoms with Gasteiger partial charge in [0.2, 0.25) is 0 Å². The summed E-state index contributed by atoms with van der Waals surface area (Å²) in [6.07, 6.45) is 1.63. The number of amides is 4. The van der Waals surface area contributed by atoms with Gasteiger partial charge in [0.25, 0.3) is 0 Å². The molecule has 0 spiro atoms. The summed E-state index contributed by atoms with van der Waals surface area (Å²) in [6.45, 7) is 4.39. The Balaban J connectivity index is 1.72. The standard InChI is InChI=1S/C30H30Cl2N4O4/c1-3-5-17-36-27(19-11-7-6-8-12-19)24(28(37)40-4-2)26(35-30(36)39)20-13-9-14-21(18-20)33-29(38)34-23-16-10-15-22(31)25(23)32/h6-16,18,26H,3-5,17H2,1-2H3,(H,35,39)(H2,33,34,38)/t26-/m0/s1. The van der Waals surface area contributed by atoms with Crippen LogP contribution in [0.4, 0.5) is 21.0 Å². The zero-order chi connectivity index (χ0) is 28.6. The number of nitrogens with zero attached hydrogens (tertiary/aromatic N) is 1. The van der Waals surface area contributed by atoms with Gasteiger partial charge in [0, 0.05) is 12.2 Å². The summed E-state index contributed by atoms with van der Waals surface area (Å²) in [7, 11) is 0. The van der Waals surface area contributed by atoms with E-state index in [1.54, 1.807) is 54.3 Å². The third-order valence-corrected chi connectivity index (χ3v) is 7.10. The van der Waals surface area contributed by atoms with Gasteiger partial charge in [0.15, 0.2) is 0 Å². The molecule has 0 radical (unpaired) electrons. The van der Waals surface area contributed by atoms with Crippen LogP contribution in [-0.4, -0.2) is 36.1 Å². The zero-order valence-corrected chi connectivity index (χ0v) is 23.7. The maximum Gasteiger partial charge on any atom is 0.338 e. The van der Waals surface area contributed by atoms with E-state index in [-0.39, 0.29) is 17.7 Å². The molecule has 8 nitrogen and oxygen atoms in total. The van der Waals surface area contributed by atoms with Gasteiger partial charge in [-0.3, -0.25) is 4.90 Å². The number of halogens is 2. The minimum Gasteiger partial charge on any atom is -0.463 e. The largest absolute Gasteiger partial charge is 0.463 e. The van der Waals surface area contributed by atoms with Gasteiger partial charge < -0.3 is 20.7 Å². The number of unbranched alkanes of at least 4 members (excludes halogenated alkanes) is 1. The predicted molar refractivity (Wildman–Crippen MR) is 158 cm³/mol. The first-order valence-electron chi connectivity index (χ1n) is 13.0. The molecule has 0 aliphatic carbocycles.